The molecule has 0 aliphatic heterocycles. The van der Waals surface area contributed by atoms with E-state index in [1.807, 2.05) is 66.9 Å². The van der Waals surface area contributed by atoms with E-state index in [0.717, 1.165) is 11.0 Å². The summed E-state index contributed by atoms with van der Waals surface area (Å²) in [7, 11) is 7.94. The maximum Gasteiger partial charge on any atom is 0.161 e. The molecule has 2 aromatic rings. The Morgan fingerprint density at radius 1 is 1.00 bits per heavy atom. The average molecular weight is 222 g/mol. The molecule has 0 aliphatic rings. The average Bonchev–Trinajstić information content (AvgIpc) is 2.24. The summed E-state index contributed by atoms with van der Waals surface area (Å²) in [5.41, 5.74) is 1.88. The van der Waals surface area contributed by atoms with Crippen molar-refractivity contribution in [1.82, 2.24) is 19.3 Å². The van der Waals surface area contributed by atoms with E-state index in [-0.39, 0.29) is 6.29 Å². The van der Waals surface area contributed by atoms with Crippen molar-refractivity contribution in [2.75, 3.05) is 28.2 Å². The zero-order chi connectivity index (χ0) is 11.9. The fourth-order valence-corrected chi connectivity index (χ4v) is 2.12. The van der Waals surface area contributed by atoms with Crippen LogP contribution in [0.15, 0.2) is 24.3 Å². The lowest BCUT2D eigenvalue weighted by molar-refractivity contribution is -0.0135. The van der Waals surface area contributed by atoms with Crippen molar-refractivity contribution in [3.63, 3.8) is 0 Å². The minimum atomic E-state index is -0.0000926. The van der Waals surface area contributed by atoms with Crippen LogP contribution < -0.4 is 0 Å². The first kappa shape index (κ1) is 11.0. The molecule has 0 radical (unpaired) electrons. The van der Waals surface area contributed by atoms with Crippen LogP contribution in [-0.2, 0) is 0 Å². The third kappa shape index (κ3) is 1.48. The van der Waals surface area contributed by atoms with Gasteiger partial charge in [0.1, 0.15) is 5.52 Å². The Morgan fingerprint density at radius 2 is 1.50 bits per heavy atom. The molecule has 1 N–H and O–H groups in total. The Bertz CT molecular complexity index is 475. The Kier molecular flexibility index (Phi) is 2.65. The van der Waals surface area contributed by atoms with Crippen molar-refractivity contribution in [2.24, 2.45) is 0 Å². The molecule has 16 heavy (non-hydrogen) atoms. The third-order valence-electron chi connectivity index (χ3n) is 2.69. The Morgan fingerprint density at radius 3 is 2.00 bits per heavy atom. The van der Waals surface area contributed by atoms with Gasteiger partial charge in [-0.3, -0.25) is 9.80 Å². The van der Waals surface area contributed by atoms with Crippen LogP contribution in [0.4, 0.5) is 0 Å². The molecule has 0 unspecified atom stereocenters. The molecule has 0 saturated carbocycles. The molecule has 5 heteroatoms. The van der Waals surface area contributed by atoms with Crippen LogP contribution in [0.5, 0.6) is 0 Å². The lowest BCUT2D eigenvalue weighted by Crippen LogP contribution is -2.42. The predicted octanol–water partition coefficient (Wildman–Crippen LogP) is 1.26. The summed E-state index contributed by atoms with van der Waals surface area (Å²) in [4.78, 5) is 5.28. The van der Waals surface area contributed by atoms with Crippen LogP contribution in [0, 0.1) is 0 Å². The number of fused-ring (bicyclic) bond motifs is 1. The molecule has 0 bridgehead atoms. The van der Waals surface area contributed by atoms with Gasteiger partial charge < -0.3 is 5.21 Å². The van der Waals surface area contributed by atoms with Gasteiger partial charge in [-0.15, -0.1) is 4.85 Å². The molecule has 0 aliphatic carbocycles. The molecular weight excluding hydrogens is 204 g/mol. The van der Waals surface area contributed by atoms with Gasteiger partial charge in [0.25, 0.3) is 0 Å². The summed E-state index contributed by atoms with van der Waals surface area (Å²) < 4.78 is 1.84. The van der Waals surface area contributed by atoms with Crippen LogP contribution in [0.25, 0.3) is 11.0 Å². The van der Waals surface area contributed by atoms with Crippen LogP contribution in [0.3, 0.4) is 0 Å². The van der Waals surface area contributed by atoms with E-state index >= 15 is 0 Å². The first-order valence-corrected chi connectivity index (χ1v) is 5.24. The molecule has 1 aromatic carbocycles. The smallest absolute Gasteiger partial charge is 0.161 e. The van der Waals surface area contributed by atoms with E-state index in [9.17, 15) is 5.21 Å². The second-order valence-electron chi connectivity index (χ2n) is 4.40. The molecule has 5 nitrogen and oxygen atoms in total. The Hall–Kier alpha value is -1.46. The van der Waals surface area contributed by atoms with Gasteiger partial charge >= 0.3 is 0 Å². The first-order chi connectivity index (χ1) is 7.54. The van der Waals surface area contributed by atoms with Crippen molar-refractivity contribution in [3.05, 3.63) is 24.3 Å². The molecule has 88 valence electrons. The molecule has 1 aromatic heterocycles. The zero-order valence-electron chi connectivity index (χ0n) is 10.1. The maximum absolute atomic E-state index is 9.93. The van der Waals surface area contributed by atoms with Crippen molar-refractivity contribution in [2.45, 2.75) is 6.29 Å². The van der Waals surface area contributed by atoms with Gasteiger partial charge in [-0.2, -0.15) is 0 Å². The number of rotatable bonds is 3. The Labute approximate surface area is 95.0 Å². The van der Waals surface area contributed by atoms with E-state index in [0.29, 0.717) is 0 Å². The number of benzene rings is 1. The molecule has 0 spiro atoms. The van der Waals surface area contributed by atoms with E-state index in [4.69, 9.17) is 0 Å². The molecule has 0 amide bonds. The van der Waals surface area contributed by atoms with Crippen LogP contribution in [0.2, 0.25) is 0 Å². The van der Waals surface area contributed by atoms with Crippen LogP contribution in [0.1, 0.15) is 6.29 Å². The molecule has 0 saturated heterocycles. The fraction of sp³-hybridized carbons (Fsp3) is 0.455. The van der Waals surface area contributed by atoms with Gasteiger partial charge in [0.15, 0.2) is 6.29 Å². The second kappa shape index (κ2) is 3.84. The molecular formula is C11H18N4O. The van der Waals surface area contributed by atoms with Crippen molar-refractivity contribution in [1.29, 1.82) is 0 Å². The highest BCUT2D eigenvalue weighted by Crippen LogP contribution is 2.24. The van der Waals surface area contributed by atoms with E-state index in [1.54, 1.807) is 0 Å². The van der Waals surface area contributed by atoms with E-state index in [1.165, 1.54) is 4.85 Å². The number of hydrogen-bond acceptors (Lipinski definition) is 3. The third-order valence-corrected chi connectivity index (χ3v) is 2.69. The molecule has 0 atom stereocenters. The summed E-state index contributed by atoms with van der Waals surface area (Å²) in [5.74, 6) is 0. The van der Waals surface area contributed by atoms with Gasteiger partial charge in [0.05, 0.1) is 5.52 Å². The van der Waals surface area contributed by atoms with Gasteiger partial charge in [-0.05, 0) is 40.3 Å². The SMILES string of the molecule is CN(C)C(N(C)C)n1c2ccccc2n1O. The number of hydrogen-bond donors (Lipinski definition) is 1. The molecule has 0 fully saturated rings. The van der Waals surface area contributed by atoms with Crippen LogP contribution in [-0.4, -0.2) is 52.7 Å². The van der Waals surface area contributed by atoms with E-state index < -0.39 is 0 Å². The summed E-state index contributed by atoms with van der Waals surface area (Å²) in [6, 6.07) is 7.79. The fourth-order valence-electron chi connectivity index (χ4n) is 2.12. The summed E-state index contributed by atoms with van der Waals surface area (Å²) in [6.45, 7) is 0. The lowest BCUT2D eigenvalue weighted by atomic mass is 10.3. The second-order valence-corrected chi connectivity index (χ2v) is 4.40. The highest BCUT2D eigenvalue weighted by molar-refractivity contribution is 5.77. The minimum absolute atomic E-state index is 0.0000926. The van der Waals surface area contributed by atoms with E-state index in [2.05, 4.69) is 0 Å². The Balaban J connectivity index is 2.50. The lowest BCUT2D eigenvalue weighted by Gasteiger charge is -2.36. The number of para-hydroxylation sites is 2. The molecule has 2 rings (SSSR count). The van der Waals surface area contributed by atoms with Crippen LogP contribution >= 0.6 is 0 Å². The maximum atomic E-state index is 9.93. The van der Waals surface area contributed by atoms with Crippen molar-refractivity contribution in [3.8, 4) is 0 Å². The normalized spacial score (nSPS) is 12.4. The highest BCUT2D eigenvalue weighted by atomic mass is 16.5. The topological polar surface area (TPSA) is 36.6 Å². The monoisotopic (exact) mass is 222 g/mol. The van der Waals surface area contributed by atoms with Gasteiger partial charge in [0.2, 0.25) is 0 Å². The molecule has 1 heterocycles. The highest BCUT2D eigenvalue weighted by Gasteiger charge is 2.23. The summed E-state index contributed by atoms with van der Waals surface area (Å²) >= 11 is 0. The van der Waals surface area contributed by atoms with Gasteiger partial charge in [-0.1, -0.05) is 12.1 Å². The standard InChI is InChI=1S/C11H18N4O/c1-12(2)11(13(3)4)14-9-7-5-6-8-10(9)15(14)16/h5-8,11,16H,1-4H3. The van der Waals surface area contributed by atoms with Gasteiger partial charge in [0, 0.05) is 0 Å². The first-order valence-electron chi connectivity index (χ1n) is 5.24. The summed E-state index contributed by atoms with van der Waals surface area (Å²) in [5, 5.41) is 9.93. The number of nitrogens with zero attached hydrogens (tertiary/aromatic N) is 4. The van der Waals surface area contributed by atoms with Crippen molar-refractivity contribution >= 4 is 11.0 Å². The minimum Gasteiger partial charge on any atom is -0.412 e. The van der Waals surface area contributed by atoms with Crippen molar-refractivity contribution < 1.29 is 5.21 Å². The predicted molar refractivity (Wildman–Crippen MR) is 63.5 cm³/mol. The van der Waals surface area contributed by atoms with Gasteiger partial charge in [-0.25, -0.2) is 4.68 Å². The summed E-state index contributed by atoms with van der Waals surface area (Å²) in [6.07, 6.45) is -0.0000926. The quantitative estimate of drug-likeness (QED) is 0.627. The zero-order valence-corrected chi connectivity index (χ0v) is 10.1. The number of aromatic nitrogens is 2. The largest absolute Gasteiger partial charge is 0.412 e.